The standard InChI is InChI=1S/C27H22N2O4/c1-17-10-12-19(13-11-17)25-15-23(22-8-3-4-9-24(22)29-25)27(32)33-16-26(31)28-21-7-5-6-20(14-21)18(2)30/h3-15H,16H2,1-2H3,(H,28,31). The van der Waals surface area contributed by atoms with Crippen LogP contribution in [0.2, 0.25) is 0 Å². The molecule has 0 aliphatic rings. The van der Waals surface area contributed by atoms with Gasteiger partial charge in [-0.25, -0.2) is 9.78 Å². The van der Waals surface area contributed by atoms with E-state index in [1.807, 2.05) is 49.4 Å². The number of amides is 1. The van der Waals surface area contributed by atoms with Gasteiger partial charge in [0, 0.05) is 22.2 Å². The van der Waals surface area contributed by atoms with Gasteiger partial charge in [0.05, 0.1) is 16.8 Å². The van der Waals surface area contributed by atoms with Gasteiger partial charge in [-0.15, -0.1) is 0 Å². The van der Waals surface area contributed by atoms with E-state index in [1.165, 1.54) is 6.92 Å². The molecule has 0 radical (unpaired) electrons. The van der Waals surface area contributed by atoms with Crippen molar-refractivity contribution in [3.63, 3.8) is 0 Å². The zero-order valence-corrected chi connectivity index (χ0v) is 18.3. The van der Waals surface area contributed by atoms with Crippen LogP contribution < -0.4 is 5.32 Å². The molecule has 0 unspecified atom stereocenters. The van der Waals surface area contributed by atoms with Crippen LogP contribution >= 0.6 is 0 Å². The second kappa shape index (κ2) is 9.44. The van der Waals surface area contributed by atoms with Crippen LogP contribution in [-0.2, 0) is 9.53 Å². The second-order valence-electron chi connectivity index (χ2n) is 7.70. The quantitative estimate of drug-likeness (QED) is 0.330. The maximum Gasteiger partial charge on any atom is 0.339 e. The Morgan fingerprint density at radius 2 is 1.67 bits per heavy atom. The third kappa shape index (κ3) is 5.13. The molecular formula is C27H22N2O4. The number of esters is 1. The summed E-state index contributed by atoms with van der Waals surface area (Å²) in [6, 6.07) is 23.4. The minimum atomic E-state index is -0.616. The van der Waals surface area contributed by atoms with Gasteiger partial charge in [0.2, 0.25) is 0 Å². The Kier molecular flexibility index (Phi) is 6.26. The number of para-hydroxylation sites is 1. The van der Waals surface area contributed by atoms with Gasteiger partial charge >= 0.3 is 5.97 Å². The summed E-state index contributed by atoms with van der Waals surface area (Å²) >= 11 is 0. The fraction of sp³-hybridized carbons (Fsp3) is 0.111. The second-order valence-corrected chi connectivity index (χ2v) is 7.70. The van der Waals surface area contributed by atoms with E-state index in [1.54, 1.807) is 36.4 Å². The average molecular weight is 438 g/mol. The maximum absolute atomic E-state index is 12.9. The van der Waals surface area contributed by atoms with E-state index >= 15 is 0 Å². The van der Waals surface area contributed by atoms with E-state index in [9.17, 15) is 14.4 Å². The zero-order valence-electron chi connectivity index (χ0n) is 18.3. The molecule has 1 heterocycles. The number of aromatic nitrogens is 1. The molecule has 0 aliphatic carbocycles. The molecule has 0 aliphatic heterocycles. The predicted octanol–water partition coefficient (Wildman–Crippen LogP) is 5.21. The number of carbonyl (C=O) groups excluding carboxylic acids is 3. The van der Waals surface area contributed by atoms with Gasteiger partial charge in [-0.2, -0.15) is 0 Å². The van der Waals surface area contributed by atoms with Crippen LogP contribution in [0.4, 0.5) is 5.69 Å². The smallest absolute Gasteiger partial charge is 0.339 e. The summed E-state index contributed by atoms with van der Waals surface area (Å²) in [5.74, 6) is -1.22. The minimum absolute atomic E-state index is 0.105. The van der Waals surface area contributed by atoms with Crippen molar-refractivity contribution in [3.8, 4) is 11.3 Å². The lowest BCUT2D eigenvalue weighted by Crippen LogP contribution is -2.21. The Morgan fingerprint density at radius 3 is 2.42 bits per heavy atom. The van der Waals surface area contributed by atoms with Gasteiger partial charge in [-0.3, -0.25) is 9.59 Å². The molecule has 6 heteroatoms. The number of Topliss-reactive ketones (excluding diaryl/α,β-unsaturated/α-hetero) is 1. The number of anilines is 1. The highest BCUT2D eigenvalue weighted by atomic mass is 16.5. The largest absolute Gasteiger partial charge is 0.452 e. The van der Waals surface area contributed by atoms with Crippen molar-refractivity contribution in [1.82, 2.24) is 4.98 Å². The van der Waals surface area contributed by atoms with E-state index < -0.39 is 18.5 Å². The molecule has 33 heavy (non-hydrogen) atoms. The van der Waals surface area contributed by atoms with Crippen molar-refractivity contribution in [3.05, 3.63) is 95.6 Å². The van der Waals surface area contributed by atoms with Gasteiger partial charge in [-0.05, 0) is 38.1 Å². The zero-order chi connectivity index (χ0) is 23.4. The number of rotatable bonds is 6. The fourth-order valence-electron chi connectivity index (χ4n) is 3.44. The van der Waals surface area contributed by atoms with Crippen molar-refractivity contribution >= 4 is 34.3 Å². The normalized spacial score (nSPS) is 10.6. The number of pyridine rings is 1. The van der Waals surface area contributed by atoms with Gasteiger partial charge < -0.3 is 10.1 Å². The fourth-order valence-corrected chi connectivity index (χ4v) is 3.44. The molecule has 0 fully saturated rings. The Hall–Kier alpha value is -4.32. The number of benzene rings is 3. The van der Waals surface area contributed by atoms with Crippen LogP contribution in [0.15, 0.2) is 78.9 Å². The Labute approximate surface area is 191 Å². The van der Waals surface area contributed by atoms with Crippen LogP contribution in [0.1, 0.15) is 33.2 Å². The first-order valence-electron chi connectivity index (χ1n) is 10.5. The Morgan fingerprint density at radius 1 is 0.909 bits per heavy atom. The molecule has 1 amide bonds. The van der Waals surface area contributed by atoms with Crippen molar-refractivity contribution in [2.45, 2.75) is 13.8 Å². The van der Waals surface area contributed by atoms with Gasteiger partial charge in [0.15, 0.2) is 12.4 Å². The van der Waals surface area contributed by atoms with Crippen LogP contribution in [0.25, 0.3) is 22.2 Å². The molecular weight excluding hydrogens is 416 g/mol. The number of fused-ring (bicyclic) bond motifs is 1. The molecule has 0 bridgehead atoms. The summed E-state index contributed by atoms with van der Waals surface area (Å²) in [6.07, 6.45) is 0. The summed E-state index contributed by atoms with van der Waals surface area (Å²) in [5.41, 5.74) is 4.58. The van der Waals surface area contributed by atoms with Crippen LogP contribution in [0.5, 0.6) is 0 Å². The highest BCUT2D eigenvalue weighted by Crippen LogP contribution is 2.25. The van der Waals surface area contributed by atoms with Crippen molar-refractivity contribution in [2.75, 3.05) is 11.9 Å². The molecule has 1 aromatic heterocycles. The molecule has 4 aromatic rings. The predicted molar refractivity (Wildman–Crippen MR) is 127 cm³/mol. The van der Waals surface area contributed by atoms with Gasteiger partial charge in [0.25, 0.3) is 5.91 Å². The molecule has 4 rings (SSSR count). The summed E-state index contributed by atoms with van der Waals surface area (Å²) in [7, 11) is 0. The number of aryl methyl sites for hydroxylation is 1. The first-order chi connectivity index (χ1) is 15.9. The minimum Gasteiger partial charge on any atom is -0.452 e. The van der Waals surface area contributed by atoms with Crippen molar-refractivity contribution in [2.24, 2.45) is 0 Å². The van der Waals surface area contributed by atoms with E-state index in [4.69, 9.17) is 4.74 Å². The van der Waals surface area contributed by atoms with Crippen molar-refractivity contribution < 1.29 is 19.1 Å². The number of carbonyl (C=O) groups is 3. The molecule has 0 spiro atoms. The number of hydrogen-bond acceptors (Lipinski definition) is 5. The first-order valence-corrected chi connectivity index (χ1v) is 10.5. The highest BCUT2D eigenvalue weighted by Gasteiger charge is 2.17. The van der Waals surface area contributed by atoms with E-state index in [0.29, 0.717) is 33.4 Å². The summed E-state index contributed by atoms with van der Waals surface area (Å²) in [4.78, 5) is 41.4. The summed E-state index contributed by atoms with van der Waals surface area (Å²) in [5, 5.41) is 3.29. The SMILES string of the molecule is CC(=O)c1cccc(NC(=O)COC(=O)c2cc(-c3ccc(C)cc3)nc3ccccc23)c1. The van der Waals surface area contributed by atoms with E-state index in [2.05, 4.69) is 10.3 Å². The lowest BCUT2D eigenvalue weighted by Gasteiger charge is -2.11. The maximum atomic E-state index is 12.9. The molecule has 0 atom stereocenters. The molecule has 6 nitrogen and oxygen atoms in total. The van der Waals surface area contributed by atoms with Gasteiger partial charge in [-0.1, -0.05) is 60.2 Å². The highest BCUT2D eigenvalue weighted by molar-refractivity contribution is 6.05. The van der Waals surface area contributed by atoms with Crippen LogP contribution in [0.3, 0.4) is 0 Å². The third-order valence-corrected chi connectivity index (χ3v) is 5.17. The third-order valence-electron chi connectivity index (χ3n) is 5.17. The number of ether oxygens (including phenoxy) is 1. The number of nitrogens with one attached hydrogen (secondary N) is 1. The monoisotopic (exact) mass is 438 g/mol. The Bertz CT molecular complexity index is 1360. The molecule has 0 saturated heterocycles. The van der Waals surface area contributed by atoms with E-state index in [0.717, 1.165) is 11.1 Å². The first kappa shape index (κ1) is 21.9. The Balaban J connectivity index is 1.54. The van der Waals surface area contributed by atoms with Gasteiger partial charge in [0.1, 0.15) is 0 Å². The summed E-state index contributed by atoms with van der Waals surface area (Å²) < 4.78 is 5.31. The molecule has 3 aromatic carbocycles. The summed E-state index contributed by atoms with van der Waals surface area (Å²) in [6.45, 7) is 2.99. The number of hydrogen-bond donors (Lipinski definition) is 1. The van der Waals surface area contributed by atoms with Crippen molar-refractivity contribution in [1.29, 1.82) is 0 Å². The van der Waals surface area contributed by atoms with E-state index in [-0.39, 0.29) is 5.78 Å². The lowest BCUT2D eigenvalue weighted by atomic mass is 10.0. The van der Waals surface area contributed by atoms with Crippen LogP contribution in [-0.4, -0.2) is 29.3 Å². The topological polar surface area (TPSA) is 85.4 Å². The molecule has 164 valence electrons. The molecule has 1 N–H and O–H groups in total. The van der Waals surface area contributed by atoms with Crippen LogP contribution in [0, 0.1) is 6.92 Å². The molecule has 0 saturated carbocycles. The number of ketones is 1. The lowest BCUT2D eigenvalue weighted by molar-refractivity contribution is -0.119. The number of nitrogens with zero attached hydrogens (tertiary/aromatic N) is 1. The average Bonchev–Trinajstić information content (AvgIpc) is 2.82.